The van der Waals surface area contributed by atoms with E-state index in [9.17, 15) is 4.79 Å². The van der Waals surface area contributed by atoms with Gasteiger partial charge in [0.1, 0.15) is 6.10 Å². The standard InChI is InChI=1S/C25H18O2/c1-16-23(20-14-13-17-7-2-3-9-19(17)15-20)24(27-25(16)26)22-12-6-10-18-8-4-5-11-21(18)22/h2-15,23-24H,1H2. The molecule has 2 unspecified atom stereocenters. The summed E-state index contributed by atoms with van der Waals surface area (Å²) in [6, 6.07) is 28.9. The molecule has 5 rings (SSSR count). The topological polar surface area (TPSA) is 26.3 Å². The van der Waals surface area contributed by atoms with E-state index in [0.29, 0.717) is 5.57 Å². The van der Waals surface area contributed by atoms with E-state index in [1.54, 1.807) is 0 Å². The lowest BCUT2D eigenvalue weighted by Gasteiger charge is -2.20. The molecule has 0 saturated carbocycles. The highest BCUT2D eigenvalue weighted by atomic mass is 16.6. The van der Waals surface area contributed by atoms with Crippen LogP contribution < -0.4 is 0 Å². The summed E-state index contributed by atoms with van der Waals surface area (Å²) in [5, 5.41) is 4.58. The molecule has 1 fully saturated rings. The van der Waals surface area contributed by atoms with Gasteiger partial charge in [-0.25, -0.2) is 4.79 Å². The van der Waals surface area contributed by atoms with Gasteiger partial charge in [0.25, 0.3) is 0 Å². The van der Waals surface area contributed by atoms with Crippen LogP contribution in [0, 0.1) is 0 Å². The van der Waals surface area contributed by atoms with Gasteiger partial charge in [-0.05, 0) is 27.1 Å². The average Bonchev–Trinajstić information content (AvgIpc) is 3.01. The van der Waals surface area contributed by atoms with Gasteiger partial charge in [-0.3, -0.25) is 0 Å². The Bertz CT molecular complexity index is 1200. The molecular formula is C25H18O2. The number of carbonyl (C=O) groups excluding carboxylic acids is 1. The van der Waals surface area contributed by atoms with Crippen molar-refractivity contribution in [2.24, 2.45) is 0 Å². The van der Waals surface area contributed by atoms with E-state index in [4.69, 9.17) is 4.74 Å². The van der Waals surface area contributed by atoms with E-state index < -0.39 is 0 Å². The molecule has 130 valence electrons. The zero-order valence-electron chi connectivity index (χ0n) is 14.8. The van der Waals surface area contributed by atoms with Gasteiger partial charge in [0.15, 0.2) is 0 Å². The number of rotatable bonds is 2. The normalized spacial score (nSPS) is 19.6. The number of cyclic esters (lactones) is 1. The van der Waals surface area contributed by atoms with Crippen molar-refractivity contribution in [2.75, 3.05) is 0 Å². The molecule has 1 aliphatic rings. The molecule has 4 aromatic carbocycles. The molecule has 2 atom stereocenters. The maximum absolute atomic E-state index is 12.4. The van der Waals surface area contributed by atoms with Crippen LogP contribution in [0.2, 0.25) is 0 Å². The first-order valence-corrected chi connectivity index (χ1v) is 9.08. The maximum Gasteiger partial charge on any atom is 0.334 e. The number of hydrogen-bond acceptors (Lipinski definition) is 2. The zero-order chi connectivity index (χ0) is 18.4. The Hall–Kier alpha value is -3.39. The monoisotopic (exact) mass is 350 g/mol. The lowest BCUT2D eigenvalue weighted by Crippen LogP contribution is -2.07. The third kappa shape index (κ3) is 2.53. The summed E-state index contributed by atoms with van der Waals surface area (Å²) >= 11 is 0. The van der Waals surface area contributed by atoms with Crippen molar-refractivity contribution < 1.29 is 9.53 Å². The second-order valence-corrected chi connectivity index (χ2v) is 7.00. The highest BCUT2D eigenvalue weighted by Crippen LogP contribution is 2.47. The lowest BCUT2D eigenvalue weighted by molar-refractivity contribution is -0.139. The Morgan fingerprint density at radius 2 is 1.44 bits per heavy atom. The van der Waals surface area contributed by atoms with Gasteiger partial charge < -0.3 is 4.74 Å². The van der Waals surface area contributed by atoms with E-state index in [2.05, 4.69) is 55.1 Å². The van der Waals surface area contributed by atoms with Crippen LogP contribution in [-0.4, -0.2) is 5.97 Å². The van der Waals surface area contributed by atoms with Crippen molar-refractivity contribution in [1.29, 1.82) is 0 Å². The summed E-state index contributed by atoms with van der Waals surface area (Å²) in [5.41, 5.74) is 2.60. The van der Waals surface area contributed by atoms with Gasteiger partial charge in [0, 0.05) is 11.1 Å². The van der Waals surface area contributed by atoms with Gasteiger partial charge >= 0.3 is 5.97 Å². The van der Waals surface area contributed by atoms with Crippen molar-refractivity contribution in [2.45, 2.75) is 12.0 Å². The first-order valence-electron chi connectivity index (χ1n) is 9.08. The second-order valence-electron chi connectivity index (χ2n) is 7.00. The summed E-state index contributed by atoms with van der Waals surface area (Å²) in [4.78, 5) is 12.4. The van der Waals surface area contributed by atoms with Crippen LogP contribution in [0.3, 0.4) is 0 Å². The van der Waals surface area contributed by atoms with Crippen molar-refractivity contribution in [1.82, 2.24) is 0 Å². The van der Waals surface area contributed by atoms with Crippen LogP contribution in [-0.2, 0) is 9.53 Å². The van der Waals surface area contributed by atoms with E-state index in [1.807, 2.05) is 36.4 Å². The van der Waals surface area contributed by atoms with Crippen molar-refractivity contribution in [3.8, 4) is 0 Å². The van der Waals surface area contributed by atoms with Crippen LogP contribution in [0.5, 0.6) is 0 Å². The van der Waals surface area contributed by atoms with Gasteiger partial charge in [-0.1, -0.05) is 91.5 Å². The Labute approximate surface area is 157 Å². The van der Waals surface area contributed by atoms with Gasteiger partial charge in [-0.2, -0.15) is 0 Å². The quantitative estimate of drug-likeness (QED) is 0.331. The Kier molecular flexibility index (Phi) is 3.58. The first kappa shape index (κ1) is 15.8. The summed E-state index contributed by atoms with van der Waals surface area (Å²) in [5.74, 6) is -0.501. The lowest BCUT2D eigenvalue weighted by atomic mass is 9.84. The number of fused-ring (bicyclic) bond motifs is 2. The van der Waals surface area contributed by atoms with Crippen molar-refractivity contribution in [3.63, 3.8) is 0 Å². The zero-order valence-corrected chi connectivity index (χ0v) is 14.8. The number of hydrogen-bond donors (Lipinski definition) is 0. The Balaban J connectivity index is 1.68. The molecule has 0 amide bonds. The molecule has 0 N–H and O–H groups in total. The largest absolute Gasteiger partial charge is 0.453 e. The van der Waals surface area contributed by atoms with Crippen LogP contribution in [0.15, 0.2) is 97.1 Å². The predicted octanol–water partition coefficient (Wildman–Crippen LogP) is 5.93. The van der Waals surface area contributed by atoms with Crippen LogP contribution in [0.1, 0.15) is 23.1 Å². The smallest absolute Gasteiger partial charge is 0.334 e. The summed E-state index contributed by atoms with van der Waals surface area (Å²) in [6.45, 7) is 4.05. The number of ether oxygens (including phenoxy) is 1. The van der Waals surface area contributed by atoms with E-state index >= 15 is 0 Å². The summed E-state index contributed by atoms with van der Waals surface area (Å²) < 4.78 is 5.81. The Morgan fingerprint density at radius 3 is 2.30 bits per heavy atom. The molecule has 1 aliphatic heterocycles. The van der Waals surface area contributed by atoms with E-state index in [1.165, 1.54) is 5.39 Å². The predicted molar refractivity (Wildman–Crippen MR) is 109 cm³/mol. The fourth-order valence-electron chi connectivity index (χ4n) is 4.09. The Morgan fingerprint density at radius 1 is 0.741 bits per heavy atom. The second kappa shape index (κ2) is 6.10. The fourth-order valence-corrected chi connectivity index (χ4v) is 4.09. The highest BCUT2D eigenvalue weighted by Gasteiger charge is 2.41. The average molecular weight is 350 g/mol. The molecule has 1 heterocycles. The van der Waals surface area contributed by atoms with Crippen LogP contribution in [0.25, 0.3) is 21.5 Å². The number of carbonyl (C=O) groups is 1. The number of benzene rings is 4. The van der Waals surface area contributed by atoms with Gasteiger partial charge in [0.2, 0.25) is 0 Å². The number of esters is 1. The summed E-state index contributed by atoms with van der Waals surface area (Å²) in [6.07, 6.45) is -0.364. The molecule has 1 saturated heterocycles. The highest BCUT2D eigenvalue weighted by molar-refractivity contribution is 5.95. The molecule has 0 bridgehead atoms. The molecule has 2 heteroatoms. The van der Waals surface area contributed by atoms with Crippen LogP contribution >= 0.6 is 0 Å². The molecular weight excluding hydrogens is 332 g/mol. The molecule has 0 spiro atoms. The molecule has 4 aromatic rings. The van der Waals surface area contributed by atoms with Gasteiger partial charge in [0.05, 0.1) is 5.92 Å². The minimum atomic E-state index is -0.364. The third-order valence-corrected chi connectivity index (χ3v) is 5.44. The minimum absolute atomic E-state index is 0.187. The molecule has 2 nitrogen and oxygen atoms in total. The fraction of sp³-hybridized carbons (Fsp3) is 0.0800. The molecule has 27 heavy (non-hydrogen) atoms. The first-order chi connectivity index (χ1) is 13.2. The molecule has 0 aromatic heterocycles. The molecule has 0 aliphatic carbocycles. The van der Waals surface area contributed by atoms with Gasteiger partial charge in [-0.15, -0.1) is 0 Å². The summed E-state index contributed by atoms with van der Waals surface area (Å²) in [7, 11) is 0. The SMILES string of the molecule is C=C1C(=O)OC(c2cccc3ccccc23)C1c1ccc2ccccc2c1. The maximum atomic E-state index is 12.4. The minimum Gasteiger partial charge on any atom is -0.453 e. The third-order valence-electron chi connectivity index (χ3n) is 5.44. The van der Waals surface area contributed by atoms with Crippen molar-refractivity contribution >= 4 is 27.5 Å². The van der Waals surface area contributed by atoms with Crippen molar-refractivity contribution in [3.05, 3.63) is 108 Å². The van der Waals surface area contributed by atoms with E-state index in [-0.39, 0.29) is 18.0 Å². The molecule has 0 radical (unpaired) electrons. The van der Waals surface area contributed by atoms with E-state index in [0.717, 1.165) is 27.3 Å². The van der Waals surface area contributed by atoms with Crippen LogP contribution in [0.4, 0.5) is 0 Å².